The Bertz CT molecular complexity index is 644. The standard InChI is InChI=1S/C12H16N4O4S4/c13-6-7(18)16-3-12(9(19)20,4-22-8(6)16)5-23-11-15-14-10(24-11)21-2-1-17/h6,8,17H,1-5,13H2,(H,19,20)/t6?,8-,12?/m1/s1. The van der Waals surface area contributed by atoms with Gasteiger partial charge in [-0.1, -0.05) is 34.9 Å². The van der Waals surface area contributed by atoms with Crippen LogP contribution in [0.2, 0.25) is 0 Å². The van der Waals surface area contributed by atoms with Crippen molar-refractivity contribution in [3.05, 3.63) is 0 Å². The molecule has 2 aliphatic heterocycles. The highest BCUT2D eigenvalue weighted by Gasteiger charge is 2.55. The maximum absolute atomic E-state index is 11.8. The summed E-state index contributed by atoms with van der Waals surface area (Å²) in [5, 5.41) is 26.5. The molecule has 0 bridgehead atoms. The summed E-state index contributed by atoms with van der Waals surface area (Å²) in [6, 6.07) is -0.510. The van der Waals surface area contributed by atoms with E-state index in [1.54, 1.807) is 4.90 Å². The molecule has 2 aliphatic rings. The summed E-state index contributed by atoms with van der Waals surface area (Å²) in [5.74, 6) is 0.200. The van der Waals surface area contributed by atoms with Gasteiger partial charge in [-0.3, -0.25) is 9.59 Å². The van der Waals surface area contributed by atoms with Crippen LogP contribution in [0.5, 0.6) is 0 Å². The summed E-state index contributed by atoms with van der Waals surface area (Å²) < 4.78 is 1.44. The number of carbonyl (C=O) groups is 2. The number of nitrogens with two attached hydrogens (primary N) is 1. The van der Waals surface area contributed by atoms with Crippen LogP contribution in [0.25, 0.3) is 0 Å². The highest BCUT2D eigenvalue weighted by molar-refractivity contribution is 8.03. The Labute approximate surface area is 154 Å². The van der Waals surface area contributed by atoms with Gasteiger partial charge in [-0.2, -0.15) is 0 Å². The molecule has 2 fully saturated rings. The minimum atomic E-state index is -1.01. The summed E-state index contributed by atoms with van der Waals surface area (Å²) >= 11 is 5.57. The lowest BCUT2D eigenvalue weighted by molar-refractivity contribution is -0.155. The van der Waals surface area contributed by atoms with E-state index in [0.717, 1.165) is 4.34 Å². The first-order valence-corrected chi connectivity index (χ1v) is 10.9. The zero-order chi connectivity index (χ0) is 17.3. The predicted molar refractivity (Wildman–Crippen MR) is 94.4 cm³/mol. The molecule has 0 aromatic carbocycles. The molecule has 4 N–H and O–H groups in total. The first-order chi connectivity index (χ1) is 11.5. The lowest BCUT2D eigenvalue weighted by atomic mass is 9.89. The van der Waals surface area contributed by atoms with Gasteiger partial charge in [0.2, 0.25) is 5.91 Å². The van der Waals surface area contributed by atoms with E-state index in [4.69, 9.17) is 10.8 Å². The topological polar surface area (TPSA) is 130 Å². The average molecular weight is 409 g/mol. The van der Waals surface area contributed by atoms with E-state index in [1.165, 1.54) is 46.6 Å². The second-order valence-corrected chi connectivity index (χ2v) is 10.1. The van der Waals surface area contributed by atoms with Crippen LogP contribution in [0.4, 0.5) is 0 Å². The van der Waals surface area contributed by atoms with Crippen molar-refractivity contribution in [3.63, 3.8) is 0 Å². The number of amides is 1. The van der Waals surface area contributed by atoms with E-state index in [2.05, 4.69) is 10.2 Å². The first kappa shape index (κ1) is 18.3. The fourth-order valence-electron chi connectivity index (χ4n) is 2.45. The van der Waals surface area contributed by atoms with Gasteiger partial charge in [-0.25, -0.2) is 0 Å². The van der Waals surface area contributed by atoms with Gasteiger partial charge in [0.05, 0.1) is 6.61 Å². The molecule has 2 unspecified atom stereocenters. The number of fused-ring (bicyclic) bond motifs is 1. The Balaban J connectivity index is 1.63. The minimum Gasteiger partial charge on any atom is -0.481 e. The summed E-state index contributed by atoms with van der Waals surface area (Å²) in [5.41, 5.74) is 4.74. The third-order valence-electron chi connectivity index (χ3n) is 3.82. The summed E-state index contributed by atoms with van der Waals surface area (Å²) in [4.78, 5) is 25.2. The largest absolute Gasteiger partial charge is 0.481 e. The van der Waals surface area contributed by atoms with Crippen LogP contribution in [0.3, 0.4) is 0 Å². The fraction of sp³-hybridized carbons (Fsp3) is 0.667. The molecule has 0 saturated carbocycles. The number of aliphatic carboxylic acids is 1. The smallest absolute Gasteiger partial charge is 0.313 e. The highest BCUT2D eigenvalue weighted by atomic mass is 32.2. The molecule has 3 atom stereocenters. The van der Waals surface area contributed by atoms with Crippen molar-refractivity contribution in [2.75, 3.05) is 30.4 Å². The molecular weight excluding hydrogens is 392 g/mol. The lowest BCUT2D eigenvalue weighted by Crippen LogP contribution is -2.72. The van der Waals surface area contributed by atoms with Gasteiger partial charge in [0, 0.05) is 23.8 Å². The van der Waals surface area contributed by atoms with Crippen molar-refractivity contribution < 1.29 is 19.8 Å². The van der Waals surface area contributed by atoms with Gasteiger partial charge in [0.1, 0.15) is 16.8 Å². The van der Waals surface area contributed by atoms with Crippen molar-refractivity contribution in [1.82, 2.24) is 15.1 Å². The number of hydrogen-bond acceptors (Lipinski definition) is 10. The Hall–Kier alpha value is -0.530. The highest BCUT2D eigenvalue weighted by Crippen LogP contribution is 2.44. The number of aliphatic hydroxyl groups is 1. The quantitative estimate of drug-likeness (QED) is 0.419. The normalized spacial score (nSPS) is 29.2. The molecule has 1 amide bonds. The minimum absolute atomic E-state index is 0.0687. The van der Waals surface area contributed by atoms with Crippen LogP contribution in [0.1, 0.15) is 0 Å². The zero-order valence-electron chi connectivity index (χ0n) is 12.5. The zero-order valence-corrected chi connectivity index (χ0v) is 15.7. The molecule has 0 spiro atoms. The van der Waals surface area contributed by atoms with Crippen LogP contribution in [0.15, 0.2) is 8.68 Å². The molecular formula is C12H16N4O4S4. The van der Waals surface area contributed by atoms with Gasteiger partial charge in [0.15, 0.2) is 8.68 Å². The summed E-state index contributed by atoms with van der Waals surface area (Å²) in [6.45, 7) is 0.254. The van der Waals surface area contributed by atoms with Crippen molar-refractivity contribution in [3.8, 4) is 0 Å². The van der Waals surface area contributed by atoms with Crippen molar-refractivity contribution in [1.29, 1.82) is 0 Å². The second-order valence-electron chi connectivity index (χ2n) is 5.47. The van der Waals surface area contributed by atoms with Gasteiger partial charge in [-0.05, 0) is 0 Å². The third kappa shape index (κ3) is 3.40. The van der Waals surface area contributed by atoms with Crippen molar-refractivity contribution >= 4 is 58.5 Å². The second kappa shape index (κ2) is 7.38. The van der Waals surface area contributed by atoms with E-state index < -0.39 is 17.4 Å². The number of β-lactam (4-membered cyclic amide) rings is 1. The van der Waals surface area contributed by atoms with Crippen molar-refractivity contribution in [2.24, 2.45) is 11.1 Å². The molecule has 0 radical (unpaired) electrons. The maximum atomic E-state index is 11.8. The lowest BCUT2D eigenvalue weighted by Gasteiger charge is -2.52. The molecule has 3 heterocycles. The predicted octanol–water partition coefficient (Wildman–Crippen LogP) is 0.0280. The number of carbonyl (C=O) groups excluding carboxylic acids is 1. The van der Waals surface area contributed by atoms with E-state index in [-0.39, 0.29) is 24.4 Å². The molecule has 132 valence electrons. The molecule has 24 heavy (non-hydrogen) atoms. The Morgan fingerprint density at radius 2 is 2.12 bits per heavy atom. The van der Waals surface area contributed by atoms with Gasteiger partial charge in [0.25, 0.3) is 0 Å². The number of thioether (sulfide) groups is 3. The van der Waals surface area contributed by atoms with Crippen molar-refractivity contribution in [2.45, 2.75) is 20.1 Å². The van der Waals surface area contributed by atoms with Crippen LogP contribution in [-0.2, 0) is 9.59 Å². The molecule has 3 rings (SSSR count). The van der Waals surface area contributed by atoms with Crippen LogP contribution < -0.4 is 5.73 Å². The monoisotopic (exact) mass is 408 g/mol. The van der Waals surface area contributed by atoms with Gasteiger partial charge >= 0.3 is 5.97 Å². The molecule has 12 heteroatoms. The maximum Gasteiger partial charge on any atom is 0.313 e. The molecule has 1 aromatic rings. The number of hydrogen-bond donors (Lipinski definition) is 3. The first-order valence-electron chi connectivity index (χ1n) is 7.08. The van der Waals surface area contributed by atoms with Crippen LogP contribution in [-0.4, -0.2) is 79.0 Å². The van der Waals surface area contributed by atoms with E-state index in [0.29, 0.717) is 21.6 Å². The Morgan fingerprint density at radius 3 is 2.79 bits per heavy atom. The number of nitrogens with zero attached hydrogens (tertiary/aromatic N) is 3. The van der Waals surface area contributed by atoms with E-state index >= 15 is 0 Å². The average Bonchev–Trinajstić information content (AvgIpc) is 3.04. The SMILES string of the molecule is NC1C(=O)N2CC(CSc3nnc(SCCO)s3)(C(=O)O)CS[C@H]12. The Kier molecular flexibility index (Phi) is 5.62. The third-order valence-corrected chi connectivity index (χ3v) is 8.89. The molecule has 1 aromatic heterocycles. The number of aliphatic hydroxyl groups excluding tert-OH is 1. The number of rotatable bonds is 7. The molecule has 2 saturated heterocycles. The van der Waals surface area contributed by atoms with E-state index in [1.807, 2.05) is 0 Å². The number of aromatic nitrogens is 2. The fourth-order valence-corrected chi connectivity index (χ4v) is 7.09. The molecule has 0 aliphatic carbocycles. The van der Waals surface area contributed by atoms with Crippen LogP contribution in [0, 0.1) is 5.41 Å². The van der Waals surface area contributed by atoms with Gasteiger partial charge < -0.3 is 20.8 Å². The number of carboxylic acid groups (broad SMARTS) is 1. The number of carboxylic acids is 1. The van der Waals surface area contributed by atoms with Gasteiger partial charge in [-0.15, -0.1) is 22.0 Å². The van der Waals surface area contributed by atoms with E-state index in [9.17, 15) is 14.7 Å². The molecule has 8 nitrogen and oxygen atoms in total. The van der Waals surface area contributed by atoms with Crippen LogP contribution >= 0.6 is 46.6 Å². The summed E-state index contributed by atoms with van der Waals surface area (Å²) in [7, 11) is 0. The summed E-state index contributed by atoms with van der Waals surface area (Å²) in [6.07, 6.45) is 0. The Morgan fingerprint density at radius 1 is 1.42 bits per heavy atom.